The Morgan fingerprint density at radius 2 is 1.57 bits per heavy atom. The molecule has 0 aliphatic rings. The van der Waals surface area contributed by atoms with Gasteiger partial charge in [-0.15, -0.1) is 0 Å². The third-order valence-electron chi connectivity index (χ3n) is 5.53. The second-order valence-electron chi connectivity index (χ2n) is 8.01. The van der Waals surface area contributed by atoms with E-state index in [-0.39, 0.29) is 6.03 Å². The highest BCUT2D eigenvalue weighted by molar-refractivity contribution is 9.10. The van der Waals surface area contributed by atoms with Crippen LogP contribution in [0.5, 0.6) is 0 Å². The monoisotopic (exact) mass is 548 g/mol. The summed E-state index contributed by atoms with van der Waals surface area (Å²) in [5.74, 6) is 0.940. The zero-order chi connectivity index (χ0) is 24.5. The molecule has 0 radical (unpaired) electrons. The van der Waals surface area contributed by atoms with Gasteiger partial charge < -0.3 is 15.2 Å². The first-order valence-electron chi connectivity index (χ1n) is 11.8. The number of amides is 2. The van der Waals surface area contributed by atoms with E-state index in [1.54, 1.807) is 11.8 Å². The Labute approximate surface area is 219 Å². The summed E-state index contributed by atoms with van der Waals surface area (Å²) in [5, 5.41) is 6.82. The number of thioether (sulfide) groups is 1. The Kier molecular flexibility index (Phi) is 9.03. The number of anilines is 1. The number of carbonyl (C=O) groups is 1. The van der Waals surface area contributed by atoms with Gasteiger partial charge in [-0.05, 0) is 44.0 Å². The number of hydrogen-bond acceptors (Lipinski definition) is 3. The Balaban J connectivity index is 1.35. The molecule has 0 spiro atoms. The lowest BCUT2D eigenvalue weighted by Gasteiger charge is -2.11. The molecule has 4 aromatic rings. The first-order chi connectivity index (χ1) is 17.2. The molecular weight excluding hydrogens is 520 g/mol. The predicted octanol–water partition coefficient (Wildman–Crippen LogP) is 7.69. The maximum absolute atomic E-state index is 12.1. The summed E-state index contributed by atoms with van der Waals surface area (Å²) in [7, 11) is 0. The number of halogens is 1. The van der Waals surface area contributed by atoms with Gasteiger partial charge in [0.05, 0.1) is 11.4 Å². The fourth-order valence-corrected chi connectivity index (χ4v) is 5.15. The Hall–Kier alpha value is -3.03. The van der Waals surface area contributed by atoms with Gasteiger partial charge in [0, 0.05) is 40.1 Å². The van der Waals surface area contributed by atoms with E-state index in [0.29, 0.717) is 6.54 Å². The maximum atomic E-state index is 12.1. The fourth-order valence-electron chi connectivity index (χ4n) is 3.82. The van der Waals surface area contributed by atoms with E-state index in [9.17, 15) is 4.79 Å². The van der Waals surface area contributed by atoms with Crippen LogP contribution in [-0.4, -0.2) is 27.9 Å². The highest BCUT2D eigenvalue weighted by Gasteiger charge is 2.19. The van der Waals surface area contributed by atoms with Crippen molar-refractivity contribution in [2.75, 3.05) is 17.6 Å². The number of hydrogen-bond donors (Lipinski definition) is 2. The molecule has 0 saturated carbocycles. The lowest BCUT2D eigenvalue weighted by Crippen LogP contribution is -2.29. The number of rotatable bonds is 10. The van der Waals surface area contributed by atoms with Crippen LogP contribution in [0.15, 0.2) is 94.6 Å². The van der Waals surface area contributed by atoms with Crippen LogP contribution >= 0.6 is 27.7 Å². The summed E-state index contributed by atoms with van der Waals surface area (Å²) < 4.78 is 3.29. The van der Waals surface area contributed by atoms with Crippen LogP contribution < -0.4 is 10.6 Å². The van der Waals surface area contributed by atoms with E-state index >= 15 is 0 Å². The largest absolute Gasteiger partial charge is 0.338 e. The third-order valence-corrected chi connectivity index (χ3v) is 7.12. The second-order valence-corrected chi connectivity index (χ2v) is 9.99. The van der Waals surface area contributed by atoms with Gasteiger partial charge in [0.1, 0.15) is 0 Å². The van der Waals surface area contributed by atoms with E-state index in [1.165, 1.54) is 5.56 Å². The van der Waals surface area contributed by atoms with Crippen molar-refractivity contribution in [1.82, 2.24) is 14.9 Å². The molecule has 2 N–H and O–H groups in total. The van der Waals surface area contributed by atoms with E-state index in [4.69, 9.17) is 4.98 Å². The molecule has 35 heavy (non-hydrogen) atoms. The lowest BCUT2D eigenvalue weighted by molar-refractivity contribution is 0.252. The molecule has 0 aliphatic heterocycles. The molecule has 3 aromatic carbocycles. The number of benzene rings is 3. The van der Waals surface area contributed by atoms with E-state index < -0.39 is 0 Å². The molecule has 0 bridgehead atoms. The van der Waals surface area contributed by atoms with Gasteiger partial charge in [0.2, 0.25) is 0 Å². The molecule has 5 nitrogen and oxygen atoms in total. The van der Waals surface area contributed by atoms with Crippen LogP contribution in [0, 0.1) is 0 Å². The number of unbranched alkanes of at least 4 members (excludes halogenated alkanes) is 1. The van der Waals surface area contributed by atoms with Gasteiger partial charge in [-0.3, -0.25) is 0 Å². The minimum absolute atomic E-state index is 0.179. The van der Waals surface area contributed by atoms with Gasteiger partial charge in [-0.1, -0.05) is 88.4 Å². The first-order valence-corrected chi connectivity index (χ1v) is 13.6. The zero-order valence-corrected chi connectivity index (χ0v) is 22.1. The minimum Gasteiger partial charge on any atom is -0.338 e. The van der Waals surface area contributed by atoms with Crippen molar-refractivity contribution >= 4 is 39.4 Å². The van der Waals surface area contributed by atoms with Gasteiger partial charge >= 0.3 is 6.03 Å². The number of aromatic nitrogens is 2. The van der Waals surface area contributed by atoms with Gasteiger partial charge in [0.25, 0.3) is 0 Å². The number of nitrogens with one attached hydrogen (secondary N) is 2. The average molecular weight is 550 g/mol. The normalized spacial score (nSPS) is 10.8. The Bertz CT molecular complexity index is 1230. The van der Waals surface area contributed by atoms with Gasteiger partial charge in [-0.2, -0.15) is 0 Å². The van der Waals surface area contributed by atoms with Crippen LogP contribution in [-0.2, 0) is 6.54 Å². The Morgan fingerprint density at radius 1 is 0.914 bits per heavy atom. The van der Waals surface area contributed by atoms with Gasteiger partial charge in [-0.25, -0.2) is 9.78 Å². The predicted molar refractivity (Wildman–Crippen MR) is 150 cm³/mol. The SMILES string of the molecule is CCn1c(SCCCCNC(=O)Nc2ccc(Br)cc2)nc(-c2ccccc2)c1-c1ccccc1. The minimum atomic E-state index is -0.179. The quantitative estimate of drug-likeness (QED) is 0.158. The third kappa shape index (κ3) is 6.77. The summed E-state index contributed by atoms with van der Waals surface area (Å²) in [4.78, 5) is 17.2. The zero-order valence-electron chi connectivity index (χ0n) is 19.7. The number of imidazole rings is 1. The van der Waals surface area contributed by atoms with Crippen molar-refractivity contribution in [2.24, 2.45) is 0 Å². The first kappa shape index (κ1) is 25.1. The molecule has 0 aliphatic carbocycles. The molecule has 0 fully saturated rings. The van der Waals surface area contributed by atoms with Crippen molar-refractivity contribution in [3.8, 4) is 22.5 Å². The van der Waals surface area contributed by atoms with E-state index in [0.717, 1.165) is 57.4 Å². The summed E-state index contributed by atoms with van der Waals surface area (Å²) in [6, 6.07) is 28.2. The van der Waals surface area contributed by atoms with Crippen LogP contribution in [0.2, 0.25) is 0 Å². The molecule has 1 heterocycles. The number of nitrogens with zero attached hydrogens (tertiary/aromatic N) is 2. The maximum Gasteiger partial charge on any atom is 0.319 e. The van der Waals surface area contributed by atoms with Crippen LogP contribution in [0.25, 0.3) is 22.5 Å². The molecule has 7 heteroatoms. The fraction of sp³-hybridized carbons (Fsp3) is 0.214. The van der Waals surface area contributed by atoms with Crippen molar-refractivity contribution in [3.63, 3.8) is 0 Å². The summed E-state index contributed by atoms with van der Waals surface area (Å²) in [5.41, 5.74) is 5.26. The highest BCUT2D eigenvalue weighted by atomic mass is 79.9. The molecule has 0 saturated heterocycles. The summed E-state index contributed by atoms with van der Waals surface area (Å²) >= 11 is 5.17. The topological polar surface area (TPSA) is 59.0 Å². The molecule has 1 aromatic heterocycles. The Morgan fingerprint density at radius 3 is 2.23 bits per heavy atom. The number of carbonyl (C=O) groups excluding carboxylic acids is 1. The average Bonchev–Trinajstić information content (AvgIpc) is 3.27. The standard InChI is InChI=1S/C28H29BrN4OS/c1-2-33-26(22-13-7-4-8-14-22)25(21-11-5-3-6-12-21)32-28(33)35-20-10-9-19-30-27(34)31-24-17-15-23(29)16-18-24/h3-8,11-18H,2,9-10,19-20H2,1H3,(H2,30,31,34). The van der Waals surface area contributed by atoms with Crippen LogP contribution in [0.1, 0.15) is 19.8 Å². The van der Waals surface area contributed by atoms with Crippen molar-refractivity contribution < 1.29 is 4.79 Å². The summed E-state index contributed by atoms with van der Waals surface area (Å²) in [6.07, 6.45) is 1.89. The second kappa shape index (κ2) is 12.6. The molecule has 4 rings (SSSR count). The van der Waals surface area contributed by atoms with Crippen molar-refractivity contribution in [1.29, 1.82) is 0 Å². The number of urea groups is 1. The molecule has 0 unspecified atom stereocenters. The van der Waals surface area contributed by atoms with E-state index in [2.05, 4.69) is 86.6 Å². The van der Waals surface area contributed by atoms with Crippen molar-refractivity contribution in [2.45, 2.75) is 31.5 Å². The van der Waals surface area contributed by atoms with E-state index in [1.807, 2.05) is 36.4 Å². The lowest BCUT2D eigenvalue weighted by atomic mass is 10.0. The van der Waals surface area contributed by atoms with Crippen LogP contribution in [0.3, 0.4) is 0 Å². The molecule has 0 atom stereocenters. The molecular formula is C28H29BrN4OS. The van der Waals surface area contributed by atoms with Gasteiger partial charge in [0.15, 0.2) is 5.16 Å². The van der Waals surface area contributed by atoms with Crippen molar-refractivity contribution in [3.05, 3.63) is 89.4 Å². The summed E-state index contributed by atoms with van der Waals surface area (Å²) in [6.45, 7) is 3.65. The van der Waals surface area contributed by atoms with Crippen LogP contribution in [0.4, 0.5) is 10.5 Å². The smallest absolute Gasteiger partial charge is 0.319 e. The molecule has 180 valence electrons. The highest BCUT2D eigenvalue weighted by Crippen LogP contribution is 2.36. The molecule has 2 amide bonds.